The molecule has 7 nitrogen and oxygen atoms in total. The van der Waals surface area contributed by atoms with Crippen LogP contribution in [0.4, 0.5) is 10.5 Å². The Morgan fingerprint density at radius 2 is 2.08 bits per heavy atom. The molecule has 0 unspecified atom stereocenters. The molecule has 0 aliphatic carbocycles. The van der Waals surface area contributed by atoms with Crippen molar-refractivity contribution in [2.75, 3.05) is 12.4 Å². The molecule has 7 heteroatoms. The zero-order chi connectivity index (χ0) is 18.5. The van der Waals surface area contributed by atoms with Crippen molar-refractivity contribution < 1.29 is 13.9 Å². The fraction of sp³-hybridized carbons (Fsp3) is 0.263. The second kappa shape index (κ2) is 7.77. The van der Waals surface area contributed by atoms with Crippen LogP contribution in [0.5, 0.6) is 5.75 Å². The van der Waals surface area contributed by atoms with E-state index in [0.717, 1.165) is 23.3 Å². The van der Waals surface area contributed by atoms with Gasteiger partial charge < -0.3 is 19.8 Å². The van der Waals surface area contributed by atoms with E-state index >= 15 is 0 Å². The number of oxazole rings is 1. The summed E-state index contributed by atoms with van der Waals surface area (Å²) in [5.41, 5.74) is 2.66. The van der Waals surface area contributed by atoms with E-state index in [0.29, 0.717) is 24.4 Å². The predicted molar refractivity (Wildman–Crippen MR) is 99.6 cm³/mol. The number of carbonyl (C=O) groups excluding carboxylic acids is 1. The molecular weight excluding hydrogens is 334 g/mol. The number of anilines is 1. The van der Waals surface area contributed by atoms with Gasteiger partial charge in [0, 0.05) is 24.8 Å². The van der Waals surface area contributed by atoms with Gasteiger partial charge in [0.05, 0.1) is 12.6 Å². The lowest BCUT2D eigenvalue weighted by Crippen LogP contribution is -2.28. The molecule has 0 aliphatic rings. The van der Waals surface area contributed by atoms with Crippen LogP contribution in [0.2, 0.25) is 0 Å². The molecule has 0 bridgehead atoms. The Morgan fingerprint density at radius 3 is 2.85 bits per heavy atom. The van der Waals surface area contributed by atoms with E-state index in [-0.39, 0.29) is 11.8 Å². The highest BCUT2D eigenvalue weighted by atomic mass is 16.5. The van der Waals surface area contributed by atoms with Crippen LogP contribution in [0.3, 0.4) is 0 Å². The first-order valence-electron chi connectivity index (χ1n) is 8.42. The zero-order valence-electron chi connectivity index (χ0n) is 14.7. The van der Waals surface area contributed by atoms with Crippen LogP contribution in [0.25, 0.3) is 11.1 Å². The van der Waals surface area contributed by atoms with E-state index in [1.807, 2.05) is 31.2 Å². The minimum atomic E-state index is -0.388. The van der Waals surface area contributed by atoms with E-state index < -0.39 is 0 Å². The molecule has 0 radical (unpaired) electrons. The van der Waals surface area contributed by atoms with Gasteiger partial charge in [-0.1, -0.05) is 19.1 Å². The highest BCUT2D eigenvalue weighted by Gasteiger charge is 2.10. The maximum Gasteiger partial charge on any atom is 0.419 e. The topological polar surface area (TPSA) is 85.5 Å². The van der Waals surface area contributed by atoms with Gasteiger partial charge in [-0.25, -0.2) is 9.59 Å². The average molecular weight is 355 g/mol. The molecule has 0 fully saturated rings. The number of amides is 2. The number of urea groups is 1. The van der Waals surface area contributed by atoms with Gasteiger partial charge in [-0.05, 0) is 36.2 Å². The Kier molecular flexibility index (Phi) is 5.26. The van der Waals surface area contributed by atoms with E-state index in [9.17, 15) is 9.59 Å². The molecule has 0 atom stereocenters. The first kappa shape index (κ1) is 17.6. The van der Waals surface area contributed by atoms with Crippen LogP contribution in [-0.4, -0.2) is 17.7 Å². The SMILES string of the molecule is CCCn1c(=O)oc2cc(NC(=O)NCc3cccc(OC)c3)ccc21. The molecule has 3 rings (SSSR count). The zero-order valence-corrected chi connectivity index (χ0v) is 14.7. The Morgan fingerprint density at radius 1 is 1.23 bits per heavy atom. The largest absolute Gasteiger partial charge is 0.497 e. The van der Waals surface area contributed by atoms with Gasteiger partial charge in [-0.3, -0.25) is 4.57 Å². The van der Waals surface area contributed by atoms with Crippen molar-refractivity contribution in [3.05, 3.63) is 58.6 Å². The summed E-state index contributed by atoms with van der Waals surface area (Å²) in [7, 11) is 1.60. The van der Waals surface area contributed by atoms with Crippen molar-refractivity contribution in [1.82, 2.24) is 9.88 Å². The smallest absolute Gasteiger partial charge is 0.419 e. The van der Waals surface area contributed by atoms with Crippen molar-refractivity contribution in [2.24, 2.45) is 0 Å². The third-order valence-corrected chi connectivity index (χ3v) is 3.96. The molecule has 1 aromatic heterocycles. The van der Waals surface area contributed by atoms with Gasteiger partial charge in [0.1, 0.15) is 5.75 Å². The number of rotatable bonds is 6. The molecule has 0 saturated carbocycles. The summed E-state index contributed by atoms with van der Waals surface area (Å²) in [6, 6.07) is 12.3. The number of hydrogen-bond donors (Lipinski definition) is 2. The maximum absolute atomic E-state index is 12.1. The lowest BCUT2D eigenvalue weighted by atomic mass is 10.2. The summed E-state index contributed by atoms with van der Waals surface area (Å²) < 4.78 is 12.0. The van der Waals surface area contributed by atoms with Gasteiger partial charge in [-0.15, -0.1) is 0 Å². The molecule has 2 N–H and O–H groups in total. The summed E-state index contributed by atoms with van der Waals surface area (Å²) in [6.07, 6.45) is 0.835. The van der Waals surface area contributed by atoms with Crippen LogP contribution in [0.15, 0.2) is 51.7 Å². The molecule has 0 spiro atoms. The number of aromatic nitrogens is 1. The summed E-state index contributed by atoms with van der Waals surface area (Å²) in [5.74, 6) is 0.350. The molecule has 2 aromatic carbocycles. The molecule has 0 aliphatic heterocycles. The number of hydrogen-bond acceptors (Lipinski definition) is 4. The third kappa shape index (κ3) is 3.88. The van der Waals surface area contributed by atoms with E-state index in [1.54, 1.807) is 29.9 Å². The number of nitrogens with zero attached hydrogens (tertiary/aromatic N) is 1. The van der Waals surface area contributed by atoms with Gasteiger partial charge in [0.15, 0.2) is 5.58 Å². The van der Waals surface area contributed by atoms with Crippen LogP contribution in [0.1, 0.15) is 18.9 Å². The predicted octanol–water partition coefficient (Wildman–Crippen LogP) is 3.33. The van der Waals surface area contributed by atoms with Crippen molar-refractivity contribution in [2.45, 2.75) is 26.4 Å². The molecule has 0 saturated heterocycles. The van der Waals surface area contributed by atoms with Gasteiger partial charge in [0.25, 0.3) is 0 Å². The standard InChI is InChI=1S/C19H21N3O4/c1-3-9-22-16-8-7-14(11-17(16)26-19(22)24)21-18(23)20-12-13-5-4-6-15(10-13)25-2/h4-8,10-11H,3,9,12H2,1-2H3,(H2,20,21,23). The number of ether oxygens (including phenoxy) is 1. The fourth-order valence-corrected chi connectivity index (χ4v) is 2.72. The Hall–Kier alpha value is -3.22. The summed E-state index contributed by atoms with van der Waals surface area (Å²) >= 11 is 0. The first-order valence-corrected chi connectivity index (χ1v) is 8.42. The van der Waals surface area contributed by atoms with Gasteiger partial charge in [-0.2, -0.15) is 0 Å². The van der Waals surface area contributed by atoms with Crippen molar-refractivity contribution in [3.8, 4) is 5.75 Å². The third-order valence-electron chi connectivity index (χ3n) is 3.96. The normalized spacial score (nSPS) is 10.7. The number of benzene rings is 2. The molecule has 3 aromatic rings. The number of fused-ring (bicyclic) bond motifs is 1. The van der Waals surface area contributed by atoms with Crippen LogP contribution in [-0.2, 0) is 13.1 Å². The maximum atomic E-state index is 12.1. The highest BCUT2D eigenvalue weighted by Crippen LogP contribution is 2.19. The van der Waals surface area contributed by atoms with Gasteiger partial charge in [0.2, 0.25) is 0 Å². The van der Waals surface area contributed by atoms with Crippen LogP contribution < -0.4 is 21.1 Å². The second-order valence-electron chi connectivity index (χ2n) is 5.86. The molecule has 26 heavy (non-hydrogen) atoms. The minimum absolute atomic E-state index is 0.345. The Balaban J connectivity index is 1.66. The molecule has 1 heterocycles. The number of nitrogens with one attached hydrogen (secondary N) is 2. The summed E-state index contributed by atoms with van der Waals surface area (Å²) in [5, 5.41) is 5.52. The van der Waals surface area contributed by atoms with Crippen LogP contribution >= 0.6 is 0 Å². The number of aryl methyl sites for hydroxylation is 1. The second-order valence-corrected chi connectivity index (χ2v) is 5.86. The lowest BCUT2D eigenvalue weighted by Gasteiger charge is -2.09. The molecule has 136 valence electrons. The monoisotopic (exact) mass is 355 g/mol. The number of methoxy groups -OCH3 is 1. The van der Waals surface area contributed by atoms with Gasteiger partial charge >= 0.3 is 11.8 Å². The van der Waals surface area contributed by atoms with Crippen LogP contribution in [0, 0.1) is 0 Å². The summed E-state index contributed by atoms with van der Waals surface area (Å²) in [4.78, 5) is 24.0. The highest BCUT2D eigenvalue weighted by molar-refractivity contribution is 5.91. The fourth-order valence-electron chi connectivity index (χ4n) is 2.72. The summed E-state index contributed by atoms with van der Waals surface area (Å²) in [6.45, 7) is 2.96. The molecule has 2 amide bonds. The average Bonchev–Trinajstić information content (AvgIpc) is 2.95. The minimum Gasteiger partial charge on any atom is -0.497 e. The quantitative estimate of drug-likeness (QED) is 0.710. The Labute approximate surface area is 150 Å². The van der Waals surface area contributed by atoms with Crippen molar-refractivity contribution >= 4 is 22.8 Å². The lowest BCUT2D eigenvalue weighted by molar-refractivity contribution is 0.251. The van der Waals surface area contributed by atoms with Crippen molar-refractivity contribution in [1.29, 1.82) is 0 Å². The van der Waals surface area contributed by atoms with Crippen molar-refractivity contribution in [3.63, 3.8) is 0 Å². The number of carbonyl (C=O) groups is 1. The van der Waals surface area contributed by atoms with E-state index in [2.05, 4.69) is 10.6 Å². The van der Waals surface area contributed by atoms with E-state index in [1.165, 1.54) is 0 Å². The Bertz CT molecular complexity index is 974. The first-order chi connectivity index (χ1) is 12.6. The molecular formula is C19H21N3O4. The van der Waals surface area contributed by atoms with E-state index in [4.69, 9.17) is 9.15 Å².